The number of carbonyl (C=O) groups is 2. The molecule has 0 aliphatic rings. The lowest BCUT2D eigenvalue weighted by Crippen LogP contribution is -2.20. The number of halogens is 1. The average Bonchev–Trinajstić information content (AvgIpc) is 3.38. The summed E-state index contributed by atoms with van der Waals surface area (Å²) in [4.78, 5) is 25.3. The molecule has 2 aromatic heterocycles. The maximum atomic E-state index is 13.1. The van der Waals surface area contributed by atoms with Gasteiger partial charge in [-0.1, -0.05) is 41.3 Å². The summed E-state index contributed by atoms with van der Waals surface area (Å²) >= 11 is 7.45. The van der Waals surface area contributed by atoms with E-state index in [9.17, 15) is 14.0 Å². The minimum absolute atomic E-state index is 0.0286. The number of anilines is 2. The van der Waals surface area contributed by atoms with Crippen LogP contribution in [0.2, 0.25) is 0 Å². The normalized spacial score (nSPS) is 10.7. The molecule has 0 radical (unpaired) electrons. The van der Waals surface area contributed by atoms with Gasteiger partial charge in [-0.25, -0.2) is 4.39 Å². The first-order valence-corrected chi connectivity index (χ1v) is 11.7. The molecule has 2 aromatic carbocycles. The van der Waals surface area contributed by atoms with Gasteiger partial charge >= 0.3 is 0 Å². The molecule has 0 spiro atoms. The zero-order chi connectivity index (χ0) is 23.4. The number of hydrogen-bond donors (Lipinski definition) is 2. The molecule has 2 heterocycles. The van der Waals surface area contributed by atoms with Gasteiger partial charge in [0.05, 0.1) is 5.75 Å². The van der Waals surface area contributed by atoms with Gasteiger partial charge < -0.3 is 19.6 Å². The van der Waals surface area contributed by atoms with Gasteiger partial charge in [0.2, 0.25) is 11.8 Å². The average molecular weight is 502 g/mol. The van der Waals surface area contributed by atoms with Crippen molar-refractivity contribution in [2.75, 3.05) is 16.4 Å². The Morgan fingerprint density at radius 3 is 2.58 bits per heavy atom. The van der Waals surface area contributed by atoms with Crippen molar-refractivity contribution in [1.82, 2.24) is 14.8 Å². The van der Waals surface area contributed by atoms with E-state index in [0.717, 1.165) is 23.1 Å². The van der Waals surface area contributed by atoms with Crippen molar-refractivity contribution in [3.8, 4) is 11.5 Å². The number of para-hydroxylation sites is 1. The van der Waals surface area contributed by atoms with Gasteiger partial charge in [0.15, 0.2) is 3.95 Å². The van der Waals surface area contributed by atoms with Gasteiger partial charge in [0, 0.05) is 18.3 Å². The molecule has 0 saturated carbocycles. The molecule has 0 fully saturated rings. The smallest absolute Gasteiger partial charge is 0.277 e. The maximum absolute atomic E-state index is 13.1. The monoisotopic (exact) mass is 501 g/mol. The van der Waals surface area contributed by atoms with Crippen LogP contribution in [0.5, 0.6) is 0 Å². The van der Waals surface area contributed by atoms with E-state index in [1.165, 1.54) is 24.3 Å². The van der Waals surface area contributed by atoms with Crippen LogP contribution in [0.15, 0.2) is 64.2 Å². The summed E-state index contributed by atoms with van der Waals surface area (Å²) in [5.41, 5.74) is 1.45. The van der Waals surface area contributed by atoms with Gasteiger partial charge in [-0.15, -0.1) is 10.2 Å². The molecule has 4 rings (SSSR count). The minimum atomic E-state index is -0.389. The topological polar surface area (TPSA) is 102 Å². The summed E-state index contributed by atoms with van der Waals surface area (Å²) in [5, 5.41) is 13.9. The molecule has 168 valence electrons. The van der Waals surface area contributed by atoms with Crippen molar-refractivity contribution in [2.24, 2.45) is 7.05 Å². The van der Waals surface area contributed by atoms with Crippen LogP contribution in [0.3, 0.4) is 0 Å². The first kappa shape index (κ1) is 22.8. The van der Waals surface area contributed by atoms with E-state index in [0.29, 0.717) is 20.2 Å². The summed E-state index contributed by atoms with van der Waals surface area (Å²) in [6.45, 7) is 0. The van der Waals surface area contributed by atoms with E-state index < -0.39 is 0 Å². The van der Waals surface area contributed by atoms with E-state index in [-0.39, 0.29) is 40.2 Å². The summed E-state index contributed by atoms with van der Waals surface area (Å²) in [5.74, 6) is -0.935. The number of carbonyl (C=O) groups excluding carboxylic acids is 2. The highest BCUT2D eigenvalue weighted by atomic mass is 32.2. The van der Waals surface area contributed by atoms with Crippen molar-refractivity contribution in [1.29, 1.82) is 0 Å². The number of aromatic nitrogens is 3. The molecular weight excluding hydrogens is 485 g/mol. The Morgan fingerprint density at radius 2 is 1.85 bits per heavy atom. The molecule has 0 bridgehead atoms. The Balaban J connectivity index is 1.41. The fraction of sp³-hybridized carbons (Fsp3) is 0.0952. The number of thiazole rings is 1. The molecule has 33 heavy (non-hydrogen) atoms. The van der Waals surface area contributed by atoms with Gasteiger partial charge in [-0.05, 0) is 48.6 Å². The number of nitrogens with one attached hydrogen (secondary N) is 2. The van der Waals surface area contributed by atoms with E-state index in [2.05, 4.69) is 20.8 Å². The highest BCUT2D eigenvalue weighted by molar-refractivity contribution is 7.99. The van der Waals surface area contributed by atoms with Gasteiger partial charge in [0.25, 0.3) is 11.1 Å². The third-order valence-electron chi connectivity index (χ3n) is 4.34. The molecule has 0 aliphatic heterocycles. The zero-order valence-corrected chi connectivity index (χ0v) is 19.5. The molecule has 2 amide bonds. The predicted octanol–water partition coefficient (Wildman–Crippen LogP) is 4.99. The largest absolute Gasteiger partial charge is 0.411 e. The van der Waals surface area contributed by atoms with Crippen molar-refractivity contribution >= 4 is 57.8 Å². The first-order valence-electron chi connectivity index (χ1n) is 9.49. The van der Waals surface area contributed by atoms with Crippen LogP contribution < -0.4 is 10.6 Å². The van der Waals surface area contributed by atoms with E-state index >= 15 is 0 Å². The lowest BCUT2D eigenvalue weighted by molar-refractivity contribution is -0.113. The second-order valence-electron chi connectivity index (χ2n) is 6.64. The van der Waals surface area contributed by atoms with Crippen LogP contribution in [0.25, 0.3) is 11.5 Å². The van der Waals surface area contributed by atoms with Crippen LogP contribution in [0.1, 0.15) is 10.5 Å². The first-order chi connectivity index (χ1) is 15.9. The van der Waals surface area contributed by atoms with Crippen molar-refractivity contribution in [3.05, 3.63) is 70.1 Å². The predicted molar refractivity (Wildman–Crippen MR) is 128 cm³/mol. The highest BCUT2D eigenvalue weighted by Gasteiger charge is 2.21. The summed E-state index contributed by atoms with van der Waals surface area (Å²) in [6.07, 6.45) is 0. The van der Waals surface area contributed by atoms with Gasteiger partial charge in [-0.3, -0.25) is 9.59 Å². The molecule has 0 unspecified atom stereocenters. The number of hydrogen-bond acceptors (Lipinski definition) is 8. The minimum Gasteiger partial charge on any atom is -0.411 e. The van der Waals surface area contributed by atoms with Crippen molar-refractivity contribution in [3.63, 3.8) is 0 Å². The molecule has 0 saturated heterocycles. The highest BCUT2D eigenvalue weighted by Crippen LogP contribution is 2.27. The van der Waals surface area contributed by atoms with Crippen LogP contribution in [-0.4, -0.2) is 32.3 Å². The molecular formula is C21H16FN5O3S3. The summed E-state index contributed by atoms with van der Waals surface area (Å²) < 4.78 is 20.6. The van der Waals surface area contributed by atoms with Crippen molar-refractivity contribution in [2.45, 2.75) is 5.22 Å². The van der Waals surface area contributed by atoms with Crippen molar-refractivity contribution < 1.29 is 18.4 Å². The molecule has 0 atom stereocenters. The molecule has 4 aromatic rings. The standard InChI is InChI=1S/C21H16FN5O3S3/c1-27-16(17(29)23-14-5-3-2-4-6-14)19(33-21(27)31)24-15(28)11-32-20-26-25-18(30-20)12-7-9-13(22)10-8-12/h2-10H,11H2,1H3,(H,23,29)(H,24,28). The van der Waals surface area contributed by atoms with Gasteiger partial charge in [0.1, 0.15) is 16.5 Å². The summed E-state index contributed by atoms with van der Waals surface area (Å²) in [6, 6.07) is 14.6. The van der Waals surface area contributed by atoms with E-state index in [4.69, 9.17) is 16.6 Å². The third-order valence-corrected chi connectivity index (χ3v) is 6.63. The molecule has 8 nitrogen and oxygen atoms in total. The maximum Gasteiger partial charge on any atom is 0.277 e. The Morgan fingerprint density at radius 1 is 1.12 bits per heavy atom. The lowest BCUT2D eigenvalue weighted by atomic mass is 10.2. The Labute approximate surface area is 200 Å². The number of benzene rings is 2. The van der Waals surface area contributed by atoms with E-state index in [1.54, 1.807) is 35.9 Å². The lowest BCUT2D eigenvalue weighted by Gasteiger charge is -2.09. The Kier molecular flexibility index (Phi) is 6.96. The fourth-order valence-corrected chi connectivity index (χ4v) is 4.57. The molecule has 2 N–H and O–H groups in total. The summed E-state index contributed by atoms with van der Waals surface area (Å²) in [7, 11) is 1.67. The number of thioether (sulfide) groups is 1. The second-order valence-corrected chi connectivity index (χ2v) is 9.21. The fourth-order valence-electron chi connectivity index (χ4n) is 2.77. The number of rotatable bonds is 7. The quantitative estimate of drug-likeness (QED) is 0.272. The van der Waals surface area contributed by atoms with Gasteiger partial charge in [-0.2, -0.15) is 0 Å². The Hall–Kier alpha value is -3.35. The molecule has 0 aliphatic carbocycles. The second kappa shape index (κ2) is 10.1. The van der Waals surface area contributed by atoms with Crippen LogP contribution in [0.4, 0.5) is 15.1 Å². The Bertz CT molecular complexity index is 1350. The number of amides is 2. The van der Waals surface area contributed by atoms with Crippen LogP contribution in [0, 0.1) is 9.77 Å². The van der Waals surface area contributed by atoms with Crippen LogP contribution in [-0.2, 0) is 11.8 Å². The third kappa shape index (κ3) is 5.53. The molecule has 12 heteroatoms. The SMILES string of the molecule is Cn1c(C(=O)Nc2ccccc2)c(NC(=O)CSc2nnc(-c3ccc(F)cc3)o2)sc1=S. The van der Waals surface area contributed by atoms with E-state index in [1.807, 2.05) is 6.07 Å². The number of nitrogens with zero attached hydrogens (tertiary/aromatic N) is 3. The zero-order valence-electron chi connectivity index (χ0n) is 17.1. The van der Waals surface area contributed by atoms with Crippen LogP contribution >= 0.6 is 35.3 Å².